The van der Waals surface area contributed by atoms with E-state index in [4.69, 9.17) is 4.74 Å². The van der Waals surface area contributed by atoms with Gasteiger partial charge in [-0.2, -0.15) is 0 Å². The van der Waals surface area contributed by atoms with Crippen LogP contribution < -0.4 is 4.74 Å². The quantitative estimate of drug-likeness (QED) is 0.291. The Balaban J connectivity index is 1.52. The van der Waals surface area contributed by atoms with E-state index in [2.05, 4.69) is 77.5 Å². The van der Waals surface area contributed by atoms with Crippen LogP contribution in [0.25, 0.3) is 22.3 Å². The Hall–Kier alpha value is -4.18. The fraction of sp³-hybridized carbons (Fsp3) is 0.212. The van der Waals surface area contributed by atoms with Gasteiger partial charge in [-0.1, -0.05) is 78.9 Å². The highest BCUT2D eigenvalue weighted by Gasteiger charge is 2.37. The van der Waals surface area contributed by atoms with Gasteiger partial charge in [0.15, 0.2) is 5.78 Å². The van der Waals surface area contributed by atoms with Gasteiger partial charge in [0.25, 0.3) is 0 Å². The average molecular weight is 487 g/mol. The maximum Gasteiger partial charge on any atom is 0.207 e. The van der Waals surface area contributed by atoms with E-state index in [-0.39, 0.29) is 5.78 Å². The van der Waals surface area contributed by atoms with Crippen LogP contribution in [-0.2, 0) is 12.1 Å². The van der Waals surface area contributed by atoms with E-state index in [0.29, 0.717) is 6.42 Å². The van der Waals surface area contributed by atoms with E-state index in [1.165, 1.54) is 0 Å². The lowest BCUT2D eigenvalue weighted by atomic mass is 9.84. The second kappa shape index (κ2) is 9.70. The number of Topliss-reactive ketones (excluding diaryl/α,β-unsaturated/α-hetero) is 1. The molecule has 0 aromatic heterocycles. The van der Waals surface area contributed by atoms with Crippen molar-refractivity contribution in [2.24, 2.45) is 4.99 Å². The van der Waals surface area contributed by atoms with Crippen molar-refractivity contribution in [2.45, 2.75) is 31.9 Å². The predicted octanol–water partition coefficient (Wildman–Crippen LogP) is 7.14. The molecule has 4 aromatic rings. The number of nitrogens with zero attached hydrogens (tertiary/aromatic N) is 2. The van der Waals surface area contributed by atoms with Crippen LogP contribution >= 0.6 is 0 Å². The Kier molecular flexibility index (Phi) is 6.09. The molecule has 0 radical (unpaired) electrons. The molecular weight excluding hydrogens is 456 g/mol. The Morgan fingerprint density at radius 1 is 0.811 bits per heavy atom. The Morgan fingerprint density at radius 3 is 2.30 bits per heavy atom. The number of carbonyl (C=O) groups excluding carboxylic acids is 1. The van der Waals surface area contributed by atoms with Crippen molar-refractivity contribution in [2.75, 3.05) is 13.1 Å². The van der Waals surface area contributed by atoms with Gasteiger partial charge in [0.05, 0.1) is 12.9 Å². The molecule has 4 aromatic carbocycles. The lowest BCUT2D eigenvalue weighted by Crippen LogP contribution is -2.47. The smallest absolute Gasteiger partial charge is 0.207 e. The lowest BCUT2D eigenvalue weighted by molar-refractivity contribution is -0.0247. The first-order valence-electron chi connectivity index (χ1n) is 13.0. The van der Waals surface area contributed by atoms with E-state index < -0.39 is 5.72 Å². The van der Waals surface area contributed by atoms with Gasteiger partial charge in [0.2, 0.25) is 5.72 Å². The van der Waals surface area contributed by atoms with Crippen LogP contribution in [0.15, 0.2) is 102 Å². The van der Waals surface area contributed by atoms with Crippen LogP contribution in [0.3, 0.4) is 0 Å². The summed E-state index contributed by atoms with van der Waals surface area (Å²) in [6.07, 6.45) is 4.21. The summed E-state index contributed by atoms with van der Waals surface area (Å²) in [6.45, 7) is 3.64. The van der Waals surface area contributed by atoms with Crippen LogP contribution in [0.1, 0.15) is 41.3 Å². The number of hydrogen-bond donors (Lipinski definition) is 0. The summed E-state index contributed by atoms with van der Waals surface area (Å²) < 4.78 is 7.03. The van der Waals surface area contributed by atoms with Gasteiger partial charge in [-0.3, -0.25) is 9.79 Å². The SMILES string of the molecule is C[C@](Oc1ccc2c(c1-c1cccc(-c3ccccc3)c1)CCCC2=O)(c1ccccc1)N1C=NCC1. The minimum absolute atomic E-state index is 0.214. The Bertz CT molecular complexity index is 1460. The van der Waals surface area contributed by atoms with E-state index in [1.807, 2.05) is 42.7 Å². The van der Waals surface area contributed by atoms with Crippen LogP contribution in [0.5, 0.6) is 5.75 Å². The minimum Gasteiger partial charge on any atom is -0.463 e. The fourth-order valence-electron chi connectivity index (χ4n) is 5.54. The summed E-state index contributed by atoms with van der Waals surface area (Å²) in [7, 11) is 0. The van der Waals surface area contributed by atoms with Crippen molar-refractivity contribution in [3.05, 3.63) is 114 Å². The highest BCUT2D eigenvalue weighted by molar-refractivity contribution is 6.01. The number of aliphatic imine (C=N–C) groups is 1. The van der Waals surface area contributed by atoms with E-state index in [1.54, 1.807) is 0 Å². The summed E-state index contributed by atoms with van der Waals surface area (Å²) >= 11 is 0. The zero-order chi connectivity index (χ0) is 25.2. The summed E-state index contributed by atoms with van der Waals surface area (Å²) in [5.74, 6) is 0.996. The van der Waals surface area contributed by atoms with Crippen molar-refractivity contribution in [3.8, 4) is 28.0 Å². The molecule has 0 amide bonds. The van der Waals surface area contributed by atoms with Crippen molar-refractivity contribution >= 4 is 12.1 Å². The molecule has 0 spiro atoms. The number of ether oxygens (including phenoxy) is 1. The van der Waals surface area contributed by atoms with Gasteiger partial charge < -0.3 is 9.64 Å². The van der Waals surface area contributed by atoms with Crippen molar-refractivity contribution < 1.29 is 9.53 Å². The van der Waals surface area contributed by atoms with Gasteiger partial charge in [-0.25, -0.2) is 0 Å². The molecule has 0 saturated carbocycles. The molecule has 4 nitrogen and oxygen atoms in total. The van der Waals surface area contributed by atoms with Crippen LogP contribution in [-0.4, -0.2) is 30.1 Å². The summed E-state index contributed by atoms with van der Waals surface area (Å²) in [5, 5.41) is 0. The molecule has 0 bridgehead atoms. The molecule has 0 N–H and O–H groups in total. The maximum absolute atomic E-state index is 12.9. The largest absolute Gasteiger partial charge is 0.463 e. The monoisotopic (exact) mass is 486 g/mol. The molecule has 1 aliphatic heterocycles. The van der Waals surface area contributed by atoms with Gasteiger partial charge in [0, 0.05) is 29.7 Å². The van der Waals surface area contributed by atoms with Gasteiger partial charge in [-0.05, 0) is 60.2 Å². The van der Waals surface area contributed by atoms with Crippen LogP contribution in [0, 0.1) is 0 Å². The zero-order valence-corrected chi connectivity index (χ0v) is 21.1. The normalized spacial score (nSPS) is 16.4. The van der Waals surface area contributed by atoms with Crippen LogP contribution in [0.2, 0.25) is 0 Å². The van der Waals surface area contributed by atoms with Crippen molar-refractivity contribution in [3.63, 3.8) is 0 Å². The molecule has 0 saturated heterocycles. The van der Waals surface area contributed by atoms with E-state index >= 15 is 0 Å². The molecule has 1 atom stereocenters. The molecule has 1 aliphatic carbocycles. The van der Waals surface area contributed by atoms with Crippen LogP contribution in [0.4, 0.5) is 0 Å². The second-order valence-corrected chi connectivity index (χ2v) is 9.85. The third-order valence-electron chi connectivity index (χ3n) is 7.52. The minimum atomic E-state index is -0.750. The summed E-state index contributed by atoms with van der Waals surface area (Å²) in [5.41, 5.74) is 6.60. The standard InChI is InChI=1S/C33H30N2O2/c1-33(35-21-20-34-23-35,27-14-6-3-7-15-27)37-31-19-18-28-29(16-9-17-30(28)36)32(31)26-13-8-12-25(22-26)24-10-4-2-5-11-24/h2-8,10-15,18-19,22-23H,9,16-17,20-21H2,1H3/t33-/m0/s1. The van der Waals surface area contributed by atoms with Gasteiger partial charge in [0.1, 0.15) is 5.75 Å². The fourth-order valence-corrected chi connectivity index (χ4v) is 5.54. The van der Waals surface area contributed by atoms with Gasteiger partial charge in [-0.15, -0.1) is 0 Å². The molecule has 2 aliphatic rings. The number of carbonyl (C=O) groups is 1. The zero-order valence-electron chi connectivity index (χ0n) is 21.1. The number of fused-ring (bicyclic) bond motifs is 1. The number of hydrogen-bond acceptors (Lipinski definition) is 4. The van der Waals surface area contributed by atoms with Crippen molar-refractivity contribution in [1.82, 2.24) is 4.90 Å². The predicted molar refractivity (Wildman–Crippen MR) is 149 cm³/mol. The molecule has 4 heteroatoms. The number of rotatable bonds is 6. The first kappa shape index (κ1) is 23.2. The number of benzene rings is 4. The highest BCUT2D eigenvalue weighted by atomic mass is 16.5. The molecule has 0 unspecified atom stereocenters. The summed E-state index contributed by atoms with van der Waals surface area (Å²) in [6, 6.07) is 33.2. The molecule has 37 heavy (non-hydrogen) atoms. The molecule has 6 rings (SSSR count). The molecule has 0 fully saturated rings. The van der Waals surface area contributed by atoms with Crippen molar-refractivity contribution in [1.29, 1.82) is 0 Å². The third-order valence-corrected chi connectivity index (χ3v) is 7.52. The Labute approximate surface area is 218 Å². The number of ketones is 1. The molecule has 184 valence electrons. The average Bonchev–Trinajstić information content (AvgIpc) is 3.50. The summed E-state index contributed by atoms with van der Waals surface area (Å²) in [4.78, 5) is 19.6. The maximum atomic E-state index is 12.9. The lowest BCUT2D eigenvalue weighted by Gasteiger charge is -2.39. The molecular formula is C33H30N2O2. The highest BCUT2D eigenvalue weighted by Crippen LogP contribution is 2.43. The third kappa shape index (κ3) is 4.33. The first-order valence-corrected chi connectivity index (χ1v) is 13.0. The van der Waals surface area contributed by atoms with E-state index in [0.717, 1.165) is 70.6 Å². The second-order valence-electron chi connectivity index (χ2n) is 9.85. The van der Waals surface area contributed by atoms with E-state index in [9.17, 15) is 4.79 Å². The Morgan fingerprint density at radius 2 is 1.54 bits per heavy atom. The topological polar surface area (TPSA) is 41.9 Å². The van der Waals surface area contributed by atoms with Gasteiger partial charge >= 0.3 is 0 Å². The first-order chi connectivity index (χ1) is 18.1. The molecule has 1 heterocycles.